The lowest BCUT2D eigenvalue weighted by Gasteiger charge is -2.35. The van der Waals surface area contributed by atoms with Crippen molar-refractivity contribution < 1.29 is 0 Å². The summed E-state index contributed by atoms with van der Waals surface area (Å²) in [6.45, 7) is 17.5. The summed E-state index contributed by atoms with van der Waals surface area (Å²) < 4.78 is 2.57. The zero-order valence-electron chi connectivity index (χ0n) is 15.0. The second-order valence-corrected chi connectivity index (χ2v) is 8.60. The van der Waals surface area contributed by atoms with E-state index >= 15 is 0 Å². The molecule has 1 aliphatic carbocycles. The number of nitrogens with zero attached hydrogens (tertiary/aromatic N) is 1. The molecule has 0 fully saturated rings. The van der Waals surface area contributed by atoms with E-state index in [2.05, 4.69) is 59.1 Å². The highest BCUT2D eigenvalue weighted by Crippen LogP contribution is 2.41. The molecule has 0 bridgehead atoms. The van der Waals surface area contributed by atoms with Crippen LogP contribution < -0.4 is 5.73 Å². The Morgan fingerprint density at radius 1 is 1.24 bits per heavy atom. The third-order valence-corrected chi connectivity index (χ3v) is 5.37. The van der Waals surface area contributed by atoms with Crippen molar-refractivity contribution >= 4 is 0 Å². The van der Waals surface area contributed by atoms with Crippen molar-refractivity contribution in [1.82, 2.24) is 4.57 Å². The lowest BCUT2D eigenvalue weighted by atomic mass is 9.74. The Balaban J connectivity index is 2.38. The van der Waals surface area contributed by atoms with E-state index in [9.17, 15) is 0 Å². The van der Waals surface area contributed by atoms with Crippen LogP contribution >= 0.6 is 0 Å². The van der Waals surface area contributed by atoms with Gasteiger partial charge in [0, 0.05) is 24.0 Å². The molecular formula is C19H34N2. The molecule has 0 spiro atoms. The summed E-state index contributed by atoms with van der Waals surface area (Å²) in [6.07, 6.45) is 2.26. The van der Waals surface area contributed by atoms with Gasteiger partial charge in [0.15, 0.2) is 0 Å². The van der Waals surface area contributed by atoms with Crippen LogP contribution in [0, 0.1) is 30.1 Å². The zero-order valence-corrected chi connectivity index (χ0v) is 15.0. The van der Waals surface area contributed by atoms with Crippen molar-refractivity contribution in [3.63, 3.8) is 0 Å². The first-order valence-electron chi connectivity index (χ1n) is 8.57. The van der Waals surface area contributed by atoms with Gasteiger partial charge in [0.25, 0.3) is 0 Å². The lowest BCUT2D eigenvalue weighted by molar-refractivity contribution is 0.235. The SMILES string of the molecule is Cc1cc2c(n1CC(C(C)C)C(C)C)CC(C)(C)CC2N. The van der Waals surface area contributed by atoms with E-state index in [1.165, 1.54) is 17.0 Å². The van der Waals surface area contributed by atoms with Gasteiger partial charge in [-0.25, -0.2) is 0 Å². The predicted octanol–water partition coefficient (Wildman–Crippen LogP) is 4.70. The monoisotopic (exact) mass is 290 g/mol. The van der Waals surface area contributed by atoms with Crippen LogP contribution in [0.4, 0.5) is 0 Å². The van der Waals surface area contributed by atoms with E-state index in [1.54, 1.807) is 0 Å². The van der Waals surface area contributed by atoms with Gasteiger partial charge in [0.2, 0.25) is 0 Å². The van der Waals surface area contributed by atoms with Gasteiger partial charge in [-0.3, -0.25) is 0 Å². The molecule has 1 heterocycles. The van der Waals surface area contributed by atoms with Crippen LogP contribution in [0.1, 0.15) is 71.0 Å². The molecular weight excluding hydrogens is 256 g/mol. The van der Waals surface area contributed by atoms with E-state index in [0.29, 0.717) is 17.3 Å². The Morgan fingerprint density at radius 3 is 2.33 bits per heavy atom. The number of nitrogens with two attached hydrogens (primary N) is 1. The quantitative estimate of drug-likeness (QED) is 0.856. The molecule has 1 aromatic heterocycles. The fraction of sp³-hybridized carbons (Fsp3) is 0.789. The third-order valence-electron chi connectivity index (χ3n) is 5.37. The largest absolute Gasteiger partial charge is 0.348 e. The summed E-state index contributed by atoms with van der Waals surface area (Å²) in [5.41, 5.74) is 11.1. The molecule has 1 aliphatic rings. The number of hydrogen-bond acceptors (Lipinski definition) is 1. The summed E-state index contributed by atoms with van der Waals surface area (Å²) in [5, 5.41) is 0. The molecule has 0 saturated carbocycles. The second kappa shape index (κ2) is 5.79. The summed E-state index contributed by atoms with van der Waals surface area (Å²) in [4.78, 5) is 0. The van der Waals surface area contributed by atoms with Crippen molar-refractivity contribution in [2.24, 2.45) is 28.9 Å². The summed E-state index contributed by atoms with van der Waals surface area (Å²) >= 11 is 0. The zero-order chi connectivity index (χ0) is 15.9. The first-order chi connectivity index (χ1) is 9.62. The van der Waals surface area contributed by atoms with Crippen molar-refractivity contribution in [1.29, 1.82) is 0 Å². The van der Waals surface area contributed by atoms with Gasteiger partial charge in [-0.1, -0.05) is 41.5 Å². The molecule has 2 rings (SSSR count). The maximum absolute atomic E-state index is 6.44. The Bertz CT molecular complexity index is 486. The molecule has 1 unspecified atom stereocenters. The predicted molar refractivity (Wildman–Crippen MR) is 91.4 cm³/mol. The van der Waals surface area contributed by atoms with Crippen molar-refractivity contribution in [2.45, 2.75) is 73.9 Å². The minimum absolute atomic E-state index is 0.209. The van der Waals surface area contributed by atoms with Crippen LogP contribution in [0.3, 0.4) is 0 Å². The van der Waals surface area contributed by atoms with E-state index in [0.717, 1.165) is 25.3 Å². The van der Waals surface area contributed by atoms with Gasteiger partial charge in [-0.2, -0.15) is 0 Å². The van der Waals surface area contributed by atoms with Crippen LogP contribution in [0.25, 0.3) is 0 Å². The van der Waals surface area contributed by atoms with Gasteiger partial charge in [-0.05, 0) is 54.6 Å². The fourth-order valence-corrected chi connectivity index (χ4v) is 4.16. The summed E-state index contributed by atoms with van der Waals surface area (Å²) in [7, 11) is 0. The normalized spacial score (nSPS) is 21.4. The maximum atomic E-state index is 6.44. The molecule has 0 amide bonds. The molecule has 1 atom stereocenters. The summed E-state index contributed by atoms with van der Waals surface area (Å²) in [6, 6.07) is 2.55. The van der Waals surface area contributed by atoms with Crippen LogP contribution in [0.15, 0.2) is 6.07 Å². The molecule has 0 saturated heterocycles. The van der Waals surface area contributed by atoms with Gasteiger partial charge >= 0.3 is 0 Å². The van der Waals surface area contributed by atoms with Gasteiger partial charge in [0.1, 0.15) is 0 Å². The minimum Gasteiger partial charge on any atom is -0.348 e. The van der Waals surface area contributed by atoms with Gasteiger partial charge in [-0.15, -0.1) is 0 Å². The van der Waals surface area contributed by atoms with Crippen LogP contribution in [-0.4, -0.2) is 4.57 Å². The van der Waals surface area contributed by atoms with Gasteiger partial charge in [0.05, 0.1) is 0 Å². The number of fused-ring (bicyclic) bond motifs is 1. The molecule has 2 nitrogen and oxygen atoms in total. The Labute approximate surface area is 131 Å². The molecule has 21 heavy (non-hydrogen) atoms. The Kier molecular flexibility index (Phi) is 4.58. The van der Waals surface area contributed by atoms with Crippen molar-refractivity contribution in [3.8, 4) is 0 Å². The van der Waals surface area contributed by atoms with Gasteiger partial charge < -0.3 is 10.3 Å². The molecule has 2 heteroatoms. The van der Waals surface area contributed by atoms with E-state index in [1.807, 2.05) is 0 Å². The number of aromatic nitrogens is 1. The third kappa shape index (κ3) is 3.36. The first-order valence-corrected chi connectivity index (χ1v) is 8.57. The second-order valence-electron chi connectivity index (χ2n) is 8.60. The topological polar surface area (TPSA) is 30.9 Å². The number of aryl methyl sites for hydroxylation is 1. The molecule has 120 valence electrons. The fourth-order valence-electron chi connectivity index (χ4n) is 4.16. The standard InChI is InChI=1S/C19H34N2/c1-12(2)16(13(3)4)11-21-14(5)8-15-17(20)9-19(6,7)10-18(15)21/h8,12-13,16-17H,9-11,20H2,1-7H3. The van der Waals surface area contributed by atoms with Crippen LogP contribution in [0.5, 0.6) is 0 Å². The Hall–Kier alpha value is -0.760. The number of rotatable bonds is 4. The molecule has 0 radical (unpaired) electrons. The van der Waals surface area contributed by atoms with Crippen molar-refractivity contribution in [3.05, 3.63) is 23.0 Å². The molecule has 0 aliphatic heterocycles. The highest BCUT2D eigenvalue weighted by molar-refractivity contribution is 5.34. The first kappa shape index (κ1) is 16.6. The van der Waals surface area contributed by atoms with E-state index in [4.69, 9.17) is 5.73 Å². The highest BCUT2D eigenvalue weighted by Gasteiger charge is 2.34. The van der Waals surface area contributed by atoms with Crippen LogP contribution in [-0.2, 0) is 13.0 Å². The maximum Gasteiger partial charge on any atom is 0.0318 e. The molecule has 1 aromatic rings. The average molecular weight is 290 g/mol. The Morgan fingerprint density at radius 2 is 1.81 bits per heavy atom. The van der Waals surface area contributed by atoms with E-state index < -0.39 is 0 Å². The molecule has 2 N–H and O–H groups in total. The lowest BCUT2D eigenvalue weighted by Crippen LogP contribution is -2.31. The average Bonchev–Trinajstić information content (AvgIpc) is 2.60. The van der Waals surface area contributed by atoms with Crippen LogP contribution in [0.2, 0.25) is 0 Å². The highest BCUT2D eigenvalue weighted by atomic mass is 15.0. The van der Waals surface area contributed by atoms with E-state index in [-0.39, 0.29) is 6.04 Å². The van der Waals surface area contributed by atoms with Crippen molar-refractivity contribution in [2.75, 3.05) is 0 Å². The smallest absolute Gasteiger partial charge is 0.0318 e. The minimum atomic E-state index is 0.209. The summed E-state index contributed by atoms with van der Waals surface area (Å²) in [5.74, 6) is 2.15. The molecule has 0 aromatic carbocycles. The number of hydrogen-bond donors (Lipinski definition) is 1.